The second-order valence-electron chi connectivity index (χ2n) is 7.21. The number of rotatable bonds is 2. The lowest BCUT2D eigenvalue weighted by molar-refractivity contribution is 0.0218. The number of hydrogen-bond donors (Lipinski definition) is 0. The molecule has 1 fully saturated rings. The molecule has 1 amide bonds. The highest BCUT2D eigenvalue weighted by atomic mass is 32.1. The lowest BCUT2D eigenvalue weighted by Gasteiger charge is -2.40. The van der Waals surface area contributed by atoms with Crippen molar-refractivity contribution in [3.05, 3.63) is 29.9 Å². The van der Waals surface area contributed by atoms with Crippen LogP contribution in [0.15, 0.2) is 29.9 Å². The van der Waals surface area contributed by atoms with E-state index in [1.165, 1.54) is 0 Å². The first-order valence-electron chi connectivity index (χ1n) is 8.44. The summed E-state index contributed by atoms with van der Waals surface area (Å²) in [5.74, 6) is 0.898. The van der Waals surface area contributed by atoms with E-state index in [9.17, 15) is 4.79 Å². The summed E-state index contributed by atoms with van der Waals surface area (Å²) in [6.07, 6.45) is 1.36. The van der Waals surface area contributed by atoms with Gasteiger partial charge in [0.2, 0.25) is 0 Å². The molecule has 0 aliphatic carbocycles. The Morgan fingerprint density at radius 3 is 2.76 bits per heavy atom. The van der Waals surface area contributed by atoms with E-state index in [1.807, 2.05) is 38.3 Å². The van der Waals surface area contributed by atoms with Crippen molar-refractivity contribution in [2.45, 2.75) is 39.3 Å². The van der Waals surface area contributed by atoms with Gasteiger partial charge < -0.3 is 14.5 Å². The zero-order chi connectivity index (χ0) is 18.0. The first kappa shape index (κ1) is 17.7. The van der Waals surface area contributed by atoms with E-state index in [0.29, 0.717) is 13.1 Å². The number of nitrogens with zero attached hydrogens (tertiary/aromatic N) is 4. The van der Waals surface area contributed by atoms with E-state index in [1.54, 1.807) is 22.6 Å². The van der Waals surface area contributed by atoms with Crippen LogP contribution < -0.4 is 4.90 Å². The van der Waals surface area contributed by atoms with E-state index in [-0.39, 0.29) is 12.1 Å². The Morgan fingerprint density at radius 1 is 1.32 bits per heavy atom. The quantitative estimate of drug-likeness (QED) is 0.818. The Kier molecular flexibility index (Phi) is 4.94. The summed E-state index contributed by atoms with van der Waals surface area (Å²) in [6.45, 7) is 9.72. The highest BCUT2D eigenvalue weighted by Crippen LogP contribution is 2.26. The summed E-state index contributed by atoms with van der Waals surface area (Å²) in [6, 6.07) is 6.25. The van der Waals surface area contributed by atoms with Gasteiger partial charge in [-0.1, -0.05) is 6.07 Å². The lowest BCUT2D eigenvalue weighted by Crippen LogP contribution is -2.54. The molecule has 1 aliphatic heterocycles. The van der Waals surface area contributed by atoms with Crippen LogP contribution in [0, 0.1) is 0 Å². The topological polar surface area (TPSA) is 58.6 Å². The third-order valence-corrected chi connectivity index (χ3v) is 4.89. The van der Waals surface area contributed by atoms with E-state index in [4.69, 9.17) is 4.74 Å². The van der Waals surface area contributed by atoms with Crippen molar-refractivity contribution in [3.8, 4) is 10.6 Å². The second-order valence-corrected chi connectivity index (χ2v) is 8.16. The predicted octanol–water partition coefficient (Wildman–Crippen LogP) is 3.65. The molecule has 0 saturated carbocycles. The maximum Gasteiger partial charge on any atom is 0.410 e. The monoisotopic (exact) mass is 360 g/mol. The summed E-state index contributed by atoms with van der Waals surface area (Å²) in [7, 11) is 0. The summed E-state index contributed by atoms with van der Waals surface area (Å²) in [5, 5.41) is 2.04. The van der Waals surface area contributed by atoms with Gasteiger partial charge in [-0.3, -0.25) is 0 Å². The van der Waals surface area contributed by atoms with Crippen molar-refractivity contribution in [1.82, 2.24) is 14.9 Å². The van der Waals surface area contributed by atoms with Gasteiger partial charge in [0.25, 0.3) is 0 Å². The molecule has 7 heteroatoms. The maximum absolute atomic E-state index is 12.3. The van der Waals surface area contributed by atoms with Crippen LogP contribution in [0.1, 0.15) is 27.7 Å². The predicted molar refractivity (Wildman–Crippen MR) is 100.0 cm³/mol. The summed E-state index contributed by atoms with van der Waals surface area (Å²) < 4.78 is 5.48. The number of anilines is 1. The molecule has 0 unspecified atom stereocenters. The third kappa shape index (κ3) is 4.28. The molecule has 2 aromatic heterocycles. The van der Waals surface area contributed by atoms with Gasteiger partial charge in [0.1, 0.15) is 17.7 Å². The molecule has 3 rings (SSSR count). The number of ether oxygens (including phenoxy) is 1. The SMILES string of the molecule is C[C@H]1CN(C(=O)OC(C)(C)C)CCN1c1cc(-c2cccs2)ncn1. The minimum atomic E-state index is -0.473. The van der Waals surface area contributed by atoms with E-state index >= 15 is 0 Å². The Labute approximate surface area is 152 Å². The van der Waals surface area contributed by atoms with Gasteiger partial charge in [0.15, 0.2) is 0 Å². The van der Waals surface area contributed by atoms with E-state index in [0.717, 1.165) is 22.9 Å². The molecular formula is C18H24N4O2S. The molecule has 0 N–H and O–H groups in total. The number of thiophene rings is 1. The Balaban J connectivity index is 1.70. The Hall–Kier alpha value is -2.15. The van der Waals surface area contributed by atoms with Crippen LogP contribution in [-0.4, -0.2) is 52.2 Å². The van der Waals surface area contributed by atoms with Crippen LogP contribution in [0.25, 0.3) is 10.6 Å². The Morgan fingerprint density at radius 2 is 2.12 bits per heavy atom. The van der Waals surface area contributed by atoms with Gasteiger partial charge in [-0.15, -0.1) is 11.3 Å². The van der Waals surface area contributed by atoms with Gasteiger partial charge in [0.05, 0.1) is 10.6 Å². The standard InChI is InChI=1S/C18H24N4O2S/c1-13-11-21(17(23)24-18(2,3)4)7-8-22(13)16-10-14(19-12-20-16)15-6-5-9-25-15/h5-6,9-10,12-13H,7-8,11H2,1-4H3/t13-/m0/s1. The molecule has 25 heavy (non-hydrogen) atoms. The summed E-state index contributed by atoms with van der Waals surface area (Å²) in [5.41, 5.74) is 0.460. The minimum Gasteiger partial charge on any atom is -0.444 e. The third-order valence-electron chi connectivity index (χ3n) is 4.00. The van der Waals surface area contributed by atoms with Crippen LogP contribution in [0.2, 0.25) is 0 Å². The molecular weight excluding hydrogens is 336 g/mol. The lowest BCUT2D eigenvalue weighted by atomic mass is 10.2. The molecule has 0 aromatic carbocycles. The minimum absolute atomic E-state index is 0.160. The smallest absolute Gasteiger partial charge is 0.410 e. The normalized spacial score (nSPS) is 18.3. The molecule has 0 bridgehead atoms. The average Bonchev–Trinajstić information content (AvgIpc) is 3.08. The van der Waals surface area contributed by atoms with Crippen LogP contribution in [0.4, 0.5) is 10.6 Å². The van der Waals surface area contributed by atoms with E-state index < -0.39 is 5.60 Å². The highest BCUT2D eigenvalue weighted by molar-refractivity contribution is 7.13. The first-order valence-corrected chi connectivity index (χ1v) is 9.32. The van der Waals surface area contributed by atoms with Gasteiger partial charge in [-0.25, -0.2) is 14.8 Å². The molecule has 0 spiro atoms. The van der Waals surface area contributed by atoms with Crippen molar-refractivity contribution in [2.75, 3.05) is 24.5 Å². The summed E-state index contributed by atoms with van der Waals surface area (Å²) in [4.78, 5) is 26.2. The van der Waals surface area contributed by atoms with Crippen molar-refractivity contribution in [1.29, 1.82) is 0 Å². The zero-order valence-electron chi connectivity index (χ0n) is 15.1. The number of aromatic nitrogens is 2. The number of amides is 1. The van der Waals surface area contributed by atoms with Gasteiger partial charge in [-0.05, 0) is 39.1 Å². The average molecular weight is 360 g/mol. The molecule has 0 radical (unpaired) electrons. The number of carbonyl (C=O) groups excluding carboxylic acids is 1. The van der Waals surface area contributed by atoms with Gasteiger partial charge in [0, 0.05) is 31.7 Å². The Bertz CT molecular complexity index is 727. The van der Waals surface area contributed by atoms with Crippen molar-refractivity contribution < 1.29 is 9.53 Å². The first-order chi connectivity index (χ1) is 11.8. The van der Waals surface area contributed by atoms with Crippen LogP contribution in [-0.2, 0) is 4.74 Å². The zero-order valence-corrected chi connectivity index (χ0v) is 15.9. The van der Waals surface area contributed by atoms with Crippen LogP contribution in [0.5, 0.6) is 0 Å². The maximum atomic E-state index is 12.3. The van der Waals surface area contributed by atoms with Crippen LogP contribution >= 0.6 is 11.3 Å². The number of carbonyl (C=O) groups is 1. The van der Waals surface area contributed by atoms with Crippen LogP contribution in [0.3, 0.4) is 0 Å². The molecule has 1 saturated heterocycles. The second kappa shape index (κ2) is 7.00. The fourth-order valence-electron chi connectivity index (χ4n) is 2.85. The van der Waals surface area contributed by atoms with Gasteiger partial charge >= 0.3 is 6.09 Å². The fourth-order valence-corrected chi connectivity index (χ4v) is 3.55. The fraction of sp³-hybridized carbons (Fsp3) is 0.500. The number of piperazine rings is 1. The van der Waals surface area contributed by atoms with Crippen molar-refractivity contribution in [2.24, 2.45) is 0 Å². The van der Waals surface area contributed by atoms with Crippen molar-refractivity contribution >= 4 is 23.2 Å². The molecule has 1 atom stereocenters. The molecule has 6 nitrogen and oxygen atoms in total. The number of hydrogen-bond acceptors (Lipinski definition) is 6. The molecule has 2 aromatic rings. The highest BCUT2D eigenvalue weighted by Gasteiger charge is 2.30. The van der Waals surface area contributed by atoms with Crippen molar-refractivity contribution in [3.63, 3.8) is 0 Å². The summed E-state index contributed by atoms with van der Waals surface area (Å²) >= 11 is 1.66. The van der Waals surface area contributed by atoms with E-state index in [2.05, 4.69) is 27.9 Å². The molecule has 3 heterocycles. The molecule has 1 aliphatic rings. The largest absolute Gasteiger partial charge is 0.444 e. The molecule has 134 valence electrons. The van der Waals surface area contributed by atoms with Gasteiger partial charge in [-0.2, -0.15) is 0 Å².